The molecule has 0 radical (unpaired) electrons. The summed E-state index contributed by atoms with van der Waals surface area (Å²) in [5.74, 6) is 1.72. The van der Waals surface area contributed by atoms with Crippen LogP contribution < -0.4 is 0 Å². The molecule has 1 atom stereocenters. The predicted molar refractivity (Wildman–Crippen MR) is 103 cm³/mol. The quantitative estimate of drug-likeness (QED) is 0.509. The first-order valence-electron chi connectivity index (χ1n) is 9.33. The highest BCUT2D eigenvalue weighted by atomic mass is 28.4. The number of benzene rings is 1. The van der Waals surface area contributed by atoms with Gasteiger partial charge in [-0.1, -0.05) is 71.9 Å². The van der Waals surface area contributed by atoms with Gasteiger partial charge in [0.25, 0.3) is 8.32 Å². The van der Waals surface area contributed by atoms with E-state index in [4.69, 9.17) is 4.43 Å². The fraction of sp³-hybridized carbons (Fsp3) is 0.619. The van der Waals surface area contributed by atoms with E-state index in [1.807, 2.05) is 0 Å². The molecule has 1 aliphatic rings. The molecule has 2 heteroatoms. The molecule has 0 spiro atoms. The lowest BCUT2D eigenvalue weighted by Crippen LogP contribution is -2.48. The summed E-state index contributed by atoms with van der Waals surface area (Å²) < 4.78 is 7.03. The van der Waals surface area contributed by atoms with Crippen molar-refractivity contribution in [3.05, 3.63) is 47.7 Å². The molecular weight excluding hydrogens is 296 g/mol. The summed E-state index contributed by atoms with van der Waals surface area (Å²) >= 11 is 0. The molecule has 1 aliphatic carbocycles. The Kier molecular flexibility index (Phi) is 6.13. The third-order valence-corrected chi connectivity index (χ3v) is 11.6. The second kappa shape index (κ2) is 7.70. The van der Waals surface area contributed by atoms with Crippen molar-refractivity contribution in [2.24, 2.45) is 0 Å². The van der Waals surface area contributed by atoms with Crippen LogP contribution in [-0.2, 0) is 4.43 Å². The monoisotopic (exact) mass is 330 g/mol. The fourth-order valence-electron chi connectivity index (χ4n) is 4.54. The average Bonchev–Trinajstić information content (AvgIpc) is 2.52. The molecule has 0 aliphatic heterocycles. The zero-order chi connectivity index (χ0) is 17.0. The second-order valence-corrected chi connectivity index (χ2v) is 13.3. The number of hydrogen-bond donors (Lipinski definition) is 0. The van der Waals surface area contributed by atoms with Gasteiger partial charge in [-0.3, -0.25) is 0 Å². The molecule has 0 N–H and O–H groups in total. The summed E-state index contributed by atoms with van der Waals surface area (Å²) in [5.41, 5.74) is 3.29. The molecule has 1 aromatic rings. The fourth-order valence-corrected chi connectivity index (χ4v) is 9.88. The largest absolute Gasteiger partial charge is 0.545 e. The standard InChI is InChI=1S/C21H34OSi/c1-16(2)23(17(3)4,18(5)6)22-21-15-11-10-14-20(21)19-12-8-7-9-13-19/h7-9,12-13,15-18,20H,10-11,14H2,1-6H3. The van der Waals surface area contributed by atoms with E-state index in [1.54, 1.807) is 0 Å². The molecule has 0 heterocycles. The summed E-state index contributed by atoms with van der Waals surface area (Å²) in [5, 5.41) is 0. The highest BCUT2D eigenvalue weighted by Gasteiger charge is 2.48. The molecular formula is C21H34OSi. The third-order valence-electron chi connectivity index (χ3n) is 5.59. The topological polar surface area (TPSA) is 9.23 Å². The van der Waals surface area contributed by atoms with Crippen molar-refractivity contribution in [3.8, 4) is 0 Å². The Balaban J connectivity index is 2.35. The molecule has 0 saturated carbocycles. The lowest BCUT2D eigenvalue weighted by molar-refractivity contribution is 0.320. The Morgan fingerprint density at radius 2 is 1.48 bits per heavy atom. The maximum absolute atomic E-state index is 7.03. The van der Waals surface area contributed by atoms with E-state index in [1.165, 1.54) is 24.2 Å². The van der Waals surface area contributed by atoms with Crippen LogP contribution in [0, 0.1) is 0 Å². The van der Waals surface area contributed by atoms with Gasteiger partial charge in [0.05, 0.1) is 5.76 Å². The van der Waals surface area contributed by atoms with Gasteiger partial charge in [0.1, 0.15) is 0 Å². The first-order chi connectivity index (χ1) is 10.9. The van der Waals surface area contributed by atoms with E-state index in [-0.39, 0.29) is 0 Å². The normalized spacial score (nSPS) is 19.3. The van der Waals surface area contributed by atoms with E-state index in [0.29, 0.717) is 22.5 Å². The summed E-state index contributed by atoms with van der Waals surface area (Å²) in [7, 11) is -1.86. The maximum Gasteiger partial charge on any atom is 0.258 e. The summed E-state index contributed by atoms with van der Waals surface area (Å²) in [6.07, 6.45) is 6.04. The minimum atomic E-state index is -1.86. The van der Waals surface area contributed by atoms with E-state index in [9.17, 15) is 0 Å². The van der Waals surface area contributed by atoms with Crippen LogP contribution in [0.5, 0.6) is 0 Å². The molecule has 0 amide bonds. The Morgan fingerprint density at radius 3 is 2.00 bits per heavy atom. The Bertz CT molecular complexity index is 494. The van der Waals surface area contributed by atoms with Gasteiger partial charge < -0.3 is 4.43 Å². The lowest BCUT2D eigenvalue weighted by Gasteiger charge is -2.44. The van der Waals surface area contributed by atoms with Crippen LogP contribution in [0.2, 0.25) is 16.6 Å². The van der Waals surface area contributed by atoms with Crippen molar-refractivity contribution in [1.29, 1.82) is 0 Å². The van der Waals surface area contributed by atoms with E-state index in [0.717, 1.165) is 6.42 Å². The SMILES string of the molecule is CC(C)[Si](OC1=CCCCC1c1ccccc1)(C(C)C)C(C)C. The molecule has 0 fully saturated rings. The number of allylic oxidation sites excluding steroid dienone is 2. The second-order valence-electron chi connectivity index (χ2n) is 7.92. The van der Waals surface area contributed by atoms with Crippen molar-refractivity contribution in [3.63, 3.8) is 0 Å². The molecule has 0 bridgehead atoms. The van der Waals surface area contributed by atoms with E-state index >= 15 is 0 Å². The highest BCUT2D eigenvalue weighted by molar-refractivity contribution is 6.77. The minimum Gasteiger partial charge on any atom is -0.545 e. The van der Waals surface area contributed by atoms with E-state index < -0.39 is 8.32 Å². The Labute approximate surface area is 144 Å². The highest BCUT2D eigenvalue weighted by Crippen LogP contribution is 2.47. The van der Waals surface area contributed by atoms with Crippen LogP contribution >= 0.6 is 0 Å². The number of hydrogen-bond acceptors (Lipinski definition) is 1. The zero-order valence-corrected chi connectivity index (χ0v) is 16.8. The van der Waals surface area contributed by atoms with Gasteiger partial charge in [-0.25, -0.2) is 0 Å². The smallest absolute Gasteiger partial charge is 0.258 e. The van der Waals surface area contributed by atoms with Gasteiger partial charge in [-0.2, -0.15) is 0 Å². The van der Waals surface area contributed by atoms with Gasteiger partial charge >= 0.3 is 0 Å². The molecule has 1 aromatic carbocycles. The summed E-state index contributed by atoms with van der Waals surface area (Å²) in [6.45, 7) is 14.2. The van der Waals surface area contributed by atoms with Crippen LogP contribution in [0.25, 0.3) is 0 Å². The number of rotatable bonds is 6. The summed E-state index contributed by atoms with van der Waals surface area (Å²) in [4.78, 5) is 0. The zero-order valence-electron chi connectivity index (χ0n) is 15.8. The minimum absolute atomic E-state index is 0.452. The lowest BCUT2D eigenvalue weighted by atomic mass is 9.88. The molecule has 1 unspecified atom stereocenters. The predicted octanol–water partition coefficient (Wildman–Crippen LogP) is 7.03. The van der Waals surface area contributed by atoms with Crippen LogP contribution in [0.1, 0.15) is 72.3 Å². The maximum atomic E-state index is 7.03. The van der Waals surface area contributed by atoms with Gasteiger partial charge in [0.2, 0.25) is 0 Å². The first-order valence-corrected chi connectivity index (χ1v) is 11.5. The van der Waals surface area contributed by atoms with Crippen molar-refractivity contribution in [2.75, 3.05) is 0 Å². The summed E-state index contributed by atoms with van der Waals surface area (Å²) in [6, 6.07) is 10.9. The molecule has 2 rings (SSSR count). The van der Waals surface area contributed by atoms with Gasteiger partial charge in [-0.05, 0) is 47.5 Å². The Hall–Kier alpha value is -1.02. The van der Waals surface area contributed by atoms with Crippen molar-refractivity contribution in [1.82, 2.24) is 0 Å². The van der Waals surface area contributed by atoms with Crippen molar-refractivity contribution >= 4 is 8.32 Å². The van der Waals surface area contributed by atoms with Gasteiger partial charge in [0, 0.05) is 5.92 Å². The molecule has 0 saturated heterocycles. The Morgan fingerprint density at radius 1 is 0.913 bits per heavy atom. The van der Waals surface area contributed by atoms with Crippen LogP contribution in [-0.4, -0.2) is 8.32 Å². The van der Waals surface area contributed by atoms with Crippen LogP contribution in [0.3, 0.4) is 0 Å². The van der Waals surface area contributed by atoms with E-state index in [2.05, 4.69) is 78.0 Å². The van der Waals surface area contributed by atoms with Crippen molar-refractivity contribution in [2.45, 2.75) is 83.3 Å². The molecule has 1 nitrogen and oxygen atoms in total. The van der Waals surface area contributed by atoms with Crippen molar-refractivity contribution < 1.29 is 4.43 Å². The molecule has 128 valence electrons. The van der Waals surface area contributed by atoms with Gasteiger partial charge in [0.15, 0.2) is 0 Å². The van der Waals surface area contributed by atoms with Crippen LogP contribution in [0.15, 0.2) is 42.2 Å². The van der Waals surface area contributed by atoms with Gasteiger partial charge in [-0.15, -0.1) is 0 Å². The third kappa shape index (κ3) is 3.73. The molecule has 23 heavy (non-hydrogen) atoms. The molecule has 0 aromatic heterocycles. The van der Waals surface area contributed by atoms with Crippen LogP contribution in [0.4, 0.5) is 0 Å². The average molecular weight is 331 g/mol. The first kappa shape index (κ1) is 18.3.